The van der Waals surface area contributed by atoms with E-state index in [-0.39, 0.29) is 17.6 Å². The number of benzene rings is 1. The second-order valence-corrected chi connectivity index (χ2v) is 3.58. The van der Waals surface area contributed by atoms with Crippen molar-refractivity contribution in [2.45, 2.75) is 0 Å². The van der Waals surface area contributed by atoms with Gasteiger partial charge in [-0.15, -0.1) is 10.2 Å². The summed E-state index contributed by atoms with van der Waals surface area (Å²) in [6.07, 6.45) is 1.50. The van der Waals surface area contributed by atoms with Crippen LogP contribution in [0.2, 0.25) is 0 Å². The van der Waals surface area contributed by atoms with Crippen LogP contribution < -0.4 is 0 Å². The molecule has 18 heavy (non-hydrogen) atoms. The summed E-state index contributed by atoms with van der Waals surface area (Å²) in [6.45, 7) is 0. The van der Waals surface area contributed by atoms with Gasteiger partial charge in [-0.1, -0.05) is 30.3 Å². The van der Waals surface area contributed by atoms with Crippen LogP contribution in [0.3, 0.4) is 0 Å². The zero-order valence-electron chi connectivity index (χ0n) is 9.24. The van der Waals surface area contributed by atoms with Crippen LogP contribution in [0, 0.1) is 0 Å². The molecule has 0 amide bonds. The average molecular weight is 240 g/mol. The Morgan fingerprint density at radius 2 is 1.83 bits per heavy atom. The van der Waals surface area contributed by atoms with Crippen molar-refractivity contribution in [3.63, 3.8) is 0 Å². The van der Waals surface area contributed by atoms with Crippen molar-refractivity contribution in [3.05, 3.63) is 60.2 Å². The highest BCUT2D eigenvalue weighted by atomic mass is 16.4. The Bertz CT molecular complexity index is 657. The van der Waals surface area contributed by atoms with Crippen molar-refractivity contribution in [2.24, 2.45) is 0 Å². The van der Waals surface area contributed by atoms with Crippen LogP contribution in [-0.2, 0) is 0 Å². The lowest BCUT2D eigenvalue weighted by atomic mass is 10.1. The quantitative estimate of drug-likeness (QED) is 0.658. The van der Waals surface area contributed by atoms with Crippen LogP contribution in [0.25, 0.3) is 11.7 Å². The number of carbonyl (C=O) groups is 1. The van der Waals surface area contributed by atoms with Crippen LogP contribution in [0.15, 0.2) is 57.6 Å². The molecular weight excluding hydrogens is 232 g/mol. The molecule has 3 rings (SSSR count). The lowest BCUT2D eigenvalue weighted by molar-refractivity contribution is 0.100. The van der Waals surface area contributed by atoms with Gasteiger partial charge < -0.3 is 8.83 Å². The average Bonchev–Trinajstić information content (AvgIpc) is 3.09. The van der Waals surface area contributed by atoms with Gasteiger partial charge in [-0.2, -0.15) is 0 Å². The van der Waals surface area contributed by atoms with Gasteiger partial charge in [0.2, 0.25) is 5.78 Å². The zero-order chi connectivity index (χ0) is 12.4. The molecule has 1 aromatic carbocycles. The normalized spacial score (nSPS) is 10.4. The van der Waals surface area contributed by atoms with E-state index in [4.69, 9.17) is 8.83 Å². The van der Waals surface area contributed by atoms with E-state index in [1.165, 1.54) is 6.26 Å². The minimum Gasteiger partial charge on any atom is -0.459 e. The summed E-state index contributed by atoms with van der Waals surface area (Å²) in [5.41, 5.74) is 0.507. The maximum atomic E-state index is 12.0. The molecule has 0 saturated heterocycles. The molecule has 5 nitrogen and oxygen atoms in total. The molecule has 2 heterocycles. The van der Waals surface area contributed by atoms with E-state index in [0.29, 0.717) is 11.3 Å². The molecule has 0 atom stereocenters. The number of aromatic nitrogens is 2. The summed E-state index contributed by atoms with van der Waals surface area (Å²) in [4.78, 5) is 12.0. The maximum Gasteiger partial charge on any atom is 0.289 e. The number of hydrogen-bond acceptors (Lipinski definition) is 5. The molecule has 0 saturated carbocycles. The zero-order valence-corrected chi connectivity index (χ0v) is 9.24. The van der Waals surface area contributed by atoms with E-state index in [0.717, 1.165) is 0 Å². The lowest BCUT2D eigenvalue weighted by Crippen LogP contribution is -2.00. The van der Waals surface area contributed by atoms with Crippen LogP contribution in [-0.4, -0.2) is 16.0 Å². The van der Waals surface area contributed by atoms with Gasteiger partial charge >= 0.3 is 0 Å². The van der Waals surface area contributed by atoms with E-state index in [9.17, 15) is 4.79 Å². The second kappa shape index (κ2) is 4.29. The van der Waals surface area contributed by atoms with Crippen LogP contribution in [0.5, 0.6) is 0 Å². The van der Waals surface area contributed by atoms with Gasteiger partial charge in [0.1, 0.15) is 0 Å². The van der Waals surface area contributed by atoms with E-state index >= 15 is 0 Å². The third-order valence-corrected chi connectivity index (χ3v) is 2.39. The molecule has 0 fully saturated rings. The Kier molecular flexibility index (Phi) is 2.49. The molecule has 2 aromatic heterocycles. The lowest BCUT2D eigenvalue weighted by Gasteiger charge is -1.93. The molecular formula is C13H8N2O3. The Hall–Kier alpha value is -2.69. The van der Waals surface area contributed by atoms with E-state index in [1.807, 2.05) is 6.07 Å². The number of hydrogen-bond donors (Lipinski definition) is 0. The summed E-state index contributed by atoms with van der Waals surface area (Å²) in [5, 5.41) is 7.50. The smallest absolute Gasteiger partial charge is 0.289 e. The molecule has 0 unspecified atom stereocenters. The van der Waals surface area contributed by atoms with Crippen LogP contribution in [0.1, 0.15) is 16.2 Å². The Balaban J connectivity index is 1.93. The summed E-state index contributed by atoms with van der Waals surface area (Å²) < 4.78 is 10.4. The first kappa shape index (κ1) is 10.5. The summed E-state index contributed by atoms with van der Waals surface area (Å²) in [5.74, 6) is 0.280. The van der Waals surface area contributed by atoms with Crippen molar-refractivity contribution < 1.29 is 13.6 Å². The van der Waals surface area contributed by atoms with Crippen LogP contribution >= 0.6 is 0 Å². The van der Waals surface area contributed by atoms with Crippen molar-refractivity contribution in [1.82, 2.24) is 10.2 Å². The standard InChI is InChI=1S/C13H8N2O3/c16-11(9-5-2-1-3-6-9)13-15-14-12(18-13)10-7-4-8-17-10/h1-8H. The summed E-state index contributed by atoms with van der Waals surface area (Å²) in [6, 6.07) is 12.2. The SMILES string of the molecule is O=C(c1ccccc1)c1nnc(-c2ccco2)o1. The molecule has 5 heteroatoms. The topological polar surface area (TPSA) is 69.1 Å². The van der Waals surface area contributed by atoms with Crippen molar-refractivity contribution >= 4 is 5.78 Å². The number of carbonyl (C=O) groups excluding carboxylic acids is 1. The summed E-state index contributed by atoms with van der Waals surface area (Å²) in [7, 11) is 0. The van der Waals surface area contributed by atoms with Crippen molar-refractivity contribution in [1.29, 1.82) is 0 Å². The monoisotopic (exact) mass is 240 g/mol. The number of rotatable bonds is 3. The fourth-order valence-electron chi connectivity index (χ4n) is 1.53. The fourth-order valence-corrected chi connectivity index (χ4v) is 1.53. The second-order valence-electron chi connectivity index (χ2n) is 3.58. The number of nitrogens with zero attached hydrogens (tertiary/aromatic N) is 2. The molecule has 0 aliphatic carbocycles. The molecule has 0 bridgehead atoms. The predicted octanol–water partition coefficient (Wildman–Crippen LogP) is 2.56. The van der Waals surface area contributed by atoms with Gasteiger partial charge in [0.05, 0.1) is 6.26 Å². The first-order valence-corrected chi connectivity index (χ1v) is 5.32. The Labute approximate surface area is 102 Å². The summed E-state index contributed by atoms with van der Waals surface area (Å²) >= 11 is 0. The van der Waals surface area contributed by atoms with E-state index in [1.54, 1.807) is 36.4 Å². The maximum absolute atomic E-state index is 12.0. The Morgan fingerprint density at radius 1 is 1.00 bits per heavy atom. The van der Waals surface area contributed by atoms with E-state index < -0.39 is 0 Å². The highest BCUT2D eigenvalue weighted by Crippen LogP contribution is 2.19. The molecule has 0 spiro atoms. The van der Waals surface area contributed by atoms with Gasteiger partial charge in [0.15, 0.2) is 5.76 Å². The molecule has 88 valence electrons. The highest BCUT2D eigenvalue weighted by molar-refractivity contribution is 6.05. The van der Waals surface area contributed by atoms with Gasteiger partial charge in [-0.3, -0.25) is 4.79 Å². The first-order chi connectivity index (χ1) is 8.84. The number of ketones is 1. The van der Waals surface area contributed by atoms with Gasteiger partial charge in [-0.05, 0) is 12.1 Å². The molecule has 0 aliphatic rings. The van der Waals surface area contributed by atoms with Gasteiger partial charge in [0.25, 0.3) is 11.8 Å². The van der Waals surface area contributed by atoms with Crippen molar-refractivity contribution in [3.8, 4) is 11.7 Å². The molecule has 0 N–H and O–H groups in total. The van der Waals surface area contributed by atoms with Crippen LogP contribution in [0.4, 0.5) is 0 Å². The van der Waals surface area contributed by atoms with Crippen molar-refractivity contribution in [2.75, 3.05) is 0 Å². The molecule has 3 aromatic rings. The highest BCUT2D eigenvalue weighted by Gasteiger charge is 2.18. The molecule has 0 radical (unpaired) electrons. The number of furan rings is 1. The largest absolute Gasteiger partial charge is 0.459 e. The minimum atomic E-state index is -0.305. The Morgan fingerprint density at radius 3 is 2.56 bits per heavy atom. The third kappa shape index (κ3) is 1.82. The molecule has 0 aliphatic heterocycles. The third-order valence-electron chi connectivity index (χ3n) is 2.39. The minimum absolute atomic E-state index is 0.0485. The van der Waals surface area contributed by atoms with E-state index in [2.05, 4.69) is 10.2 Å². The first-order valence-electron chi connectivity index (χ1n) is 5.32. The van der Waals surface area contributed by atoms with Gasteiger partial charge in [0, 0.05) is 5.56 Å². The van der Waals surface area contributed by atoms with Gasteiger partial charge in [-0.25, -0.2) is 0 Å². The fraction of sp³-hybridized carbons (Fsp3) is 0. The predicted molar refractivity (Wildman–Crippen MR) is 61.9 cm³/mol.